The van der Waals surface area contributed by atoms with E-state index in [1.54, 1.807) is 12.4 Å². The standard InChI is InChI=1S/C14H16FN5OS/c15-8-2-4-20(7-8)11-6-17-10(5-18-11)14-19-9-1-3-16-13(21)12(9)22-14/h5-6,8,14,19H,1-4,7H2,(H,16,21)/t8-,14?/m0/s1. The first-order chi connectivity index (χ1) is 10.7. The Bertz CT molecular complexity index is 635. The molecule has 1 fully saturated rings. The second-order valence-electron chi connectivity index (χ2n) is 5.59. The van der Waals surface area contributed by atoms with Crippen LogP contribution in [0.2, 0.25) is 0 Å². The summed E-state index contributed by atoms with van der Waals surface area (Å²) in [5.41, 5.74) is 1.77. The average Bonchev–Trinajstić information content (AvgIpc) is 3.15. The highest BCUT2D eigenvalue weighted by Gasteiger charge is 2.33. The van der Waals surface area contributed by atoms with Crippen LogP contribution in [0.3, 0.4) is 0 Å². The van der Waals surface area contributed by atoms with Crippen LogP contribution in [-0.2, 0) is 4.79 Å². The number of hydrogen-bond donors (Lipinski definition) is 2. The second kappa shape index (κ2) is 5.42. The van der Waals surface area contributed by atoms with Gasteiger partial charge in [0.05, 0.1) is 29.5 Å². The molecule has 22 heavy (non-hydrogen) atoms. The van der Waals surface area contributed by atoms with Crippen molar-refractivity contribution in [1.29, 1.82) is 0 Å². The number of carbonyl (C=O) groups excluding carboxylic acids is 1. The monoisotopic (exact) mass is 321 g/mol. The number of nitrogens with one attached hydrogen (secondary N) is 2. The molecule has 0 saturated carbocycles. The Balaban J connectivity index is 1.47. The van der Waals surface area contributed by atoms with E-state index in [0.717, 1.165) is 22.7 Å². The fourth-order valence-electron chi connectivity index (χ4n) is 2.89. The third-order valence-corrected chi connectivity index (χ3v) is 5.33. The summed E-state index contributed by atoms with van der Waals surface area (Å²) >= 11 is 1.47. The third-order valence-electron chi connectivity index (χ3n) is 4.06. The number of nitrogens with zero attached hydrogens (tertiary/aromatic N) is 3. The average molecular weight is 321 g/mol. The van der Waals surface area contributed by atoms with E-state index >= 15 is 0 Å². The number of anilines is 1. The van der Waals surface area contributed by atoms with E-state index < -0.39 is 6.17 Å². The highest BCUT2D eigenvalue weighted by atomic mass is 32.2. The van der Waals surface area contributed by atoms with Crippen LogP contribution in [0.25, 0.3) is 0 Å². The minimum Gasteiger partial charge on any atom is -0.370 e. The van der Waals surface area contributed by atoms with Gasteiger partial charge < -0.3 is 15.5 Å². The largest absolute Gasteiger partial charge is 0.370 e. The zero-order valence-corrected chi connectivity index (χ0v) is 12.7. The minimum atomic E-state index is -0.775. The molecule has 3 aliphatic heterocycles. The van der Waals surface area contributed by atoms with E-state index in [1.807, 2.05) is 4.90 Å². The Morgan fingerprint density at radius 2 is 2.27 bits per heavy atom. The summed E-state index contributed by atoms with van der Waals surface area (Å²) in [6, 6.07) is 0. The Labute approximate surface area is 131 Å². The van der Waals surface area contributed by atoms with Crippen molar-refractivity contribution in [1.82, 2.24) is 20.6 Å². The molecule has 1 unspecified atom stereocenters. The van der Waals surface area contributed by atoms with Gasteiger partial charge >= 0.3 is 0 Å². The first-order valence-corrected chi connectivity index (χ1v) is 8.24. The maximum absolute atomic E-state index is 13.2. The molecule has 0 spiro atoms. The highest BCUT2D eigenvalue weighted by molar-refractivity contribution is 8.04. The van der Waals surface area contributed by atoms with Crippen molar-refractivity contribution >= 4 is 23.5 Å². The third kappa shape index (κ3) is 2.41. The van der Waals surface area contributed by atoms with Crippen LogP contribution in [0.5, 0.6) is 0 Å². The van der Waals surface area contributed by atoms with E-state index in [4.69, 9.17) is 0 Å². The molecule has 0 bridgehead atoms. The van der Waals surface area contributed by atoms with Crippen LogP contribution >= 0.6 is 11.8 Å². The van der Waals surface area contributed by atoms with Gasteiger partial charge in [0.2, 0.25) is 0 Å². The predicted molar refractivity (Wildman–Crippen MR) is 81.9 cm³/mol. The Hall–Kier alpha value is -1.83. The van der Waals surface area contributed by atoms with E-state index in [0.29, 0.717) is 31.9 Å². The van der Waals surface area contributed by atoms with Gasteiger partial charge in [0.1, 0.15) is 17.4 Å². The van der Waals surface area contributed by atoms with Crippen molar-refractivity contribution in [2.75, 3.05) is 24.5 Å². The molecule has 1 saturated heterocycles. The SMILES string of the molecule is O=C1NCCC2=C1SC(c1cnc(N3CC[C@H](F)C3)cn1)N2. The van der Waals surface area contributed by atoms with E-state index in [-0.39, 0.29) is 11.3 Å². The lowest BCUT2D eigenvalue weighted by molar-refractivity contribution is -0.117. The van der Waals surface area contributed by atoms with Crippen LogP contribution < -0.4 is 15.5 Å². The summed E-state index contributed by atoms with van der Waals surface area (Å²) in [7, 11) is 0. The molecule has 2 atom stereocenters. The summed E-state index contributed by atoms with van der Waals surface area (Å²) in [6.07, 6.45) is 3.99. The Morgan fingerprint density at radius 1 is 1.36 bits per heavy atom. The second-order valence-corrected chi connectivity index (χ2v) is 6.70. The van der Waals surface area contributed by atoms with Crippen molar-refractivity contribution < 1.29 is 9.18 Å². The number of halogens is 1. The predicted octanol–water partition coefficient (Wildman–Crippen LogP) is 1.09. The Kier molecular flexibility index (Phi) is 3.40. The normalized spacial score (nSPS) is 27.7. The number of thioether (sulfide) groups is 1. The quantitative estimate of drug-likeness (QED) is 0.850. The molecule has 4 heterocycles. The molecule has 0 radical (unpaired) electrons. The summed E-state index contributed by atoms with van der Waals surface area (Å²) in [4.78, 5) is 23.3. The molecule has 4 rings (SSSR count). The molecule has 2 N–H and O–H groups in total. The number of alkyl halides is 1. The smallest absolute Gasteiger partial charge is 0.259 e. The van der Waals surface area contributed by atoms with Crippen LogP contribution in [0, 0.1) is 0 Å². The Morgan fingerprint density at radius 3 is 2.95 bits per heavy atom. The molecule has 6 nitrogen and oxygen atoms in total. The summed E-state index contributed by atoms with van der Waals surface area (Å²) in [5, 5.41) is 6.10. The molecule has 0 aliphatic carbocycles. The van der Waals surface area contributed by atoms with E-state index in [9.17, 15) is 9.18 Å². The van der Waals surface area contributed by atoms with Gasteiger partial charge in [-0.25, -0.2) is 9.37 Å². The fraction of sp³-hybridized carbons (Fsp3) is 0.500. The minimum absolute atomic E-state index is 0.0168. The van der Waals surface area contributed by atoms with Crippen molar-refractivity contribution in [3.05, 3.63) is 28.7 Å². The maximum atomic E-state index is 13.2. The fourth-order valence-corrected chi connectivity index (χ4v) is 4.05. The van der Waals surface area contributed by atoms with Gasteiger partial charge in [0.25, 0.3) is 5.91 Å². The molecule has 3 aliphatic rings. The summed E-state index contributed by atoms with van der Waals surface area (Å²) in [6.45, 7) is 1.74. The molecule has 0 aromatic carbocycles. The summed E-state index contributed by atoms with van der Waals surface area (Å²) in [5.74, 6) is 0.694. The van der Waals surface area contributed by atoms with Crippen molar-refractivity contribution in [3.63, 3.8) is 0 Å². The first kappa shape index (κ1) is 13.8. The van der Waals surface area contributed by atoms with Crippen LogP contribution in [-0.4, -0.2) is 41.7 Å². The lowest BCUT2D eigenvalue weighted by Crippen LogP contribution is -2.31. The van der Waals surface area contributed by atoms with E-state index in [1.165, 1.54) is 11.8 Å². The van der Waals surface area contributed by atoms with Crippen molar-refractivity contribution in [2.24, 2.45) is 0 Å². The van der Waals surface area contributed by atoms with Crippen LogP contribution in [0.1, 0.15) is 23.9 Å². The number of amides is 1. The molecule has 1 amide bonds. The molecule has 8 heteroatoms. The molecule has 116 valence electrons. The molecule has 1 aromatic heterocycles. The van der Waals surface area contributed by atoms with Gasteiger partial charge in [-0.05, 0) is 6.42 Å². The van der Waals surface area contributed by atoms with Gasteiger partial charge in [-0.15, -0.1) is 0 Å². The van der Waals surface area contributed by atoms with Gasteiger partial charge in [0, 0.05) is 25.2 Å². The van der Waals surface area contributed by atoms with Crippen molar-refractivity contribution in [2.45, 2.75) is 24.4 Å². The zero-order chi connectivity index (χ0) is 15.1. The number of carbonyl (C=O) groups is 1. The molecular weight excluding hydrogens is 305 g/mol. The van der Waals surface area contributed by atoms with Gasteiger partial charge in [-0.1, -0.05) is 11.8 Å². The first-order valence-electron chi connectivity index (χ1n) is 7.36. The molecular formula is C14H16FN5OS. The summed E-state index contributed by atoms with van der Waals surface area (Å²) < 4.78 is 13.2. The maximum Gasteiger partial charge on any atom is 0.259 e. The lowest BCUT2D eigenvalue weighted by atomic mass is 10.2. The van der Waals surface area contributed by atoms with E-state index in [2.05, 4.69) is 20.6 Å². The number of rotatable bonds is 2. The zero-order valence-electron chi connectivity index (χ0n) is 11.9. The number of aromatic nitrogens is 2. The van der Waals surface area contributed by atoms with Gasteiger partial charge in [-0.2, -0.15) is 0 Å². The number of hydrogen-bond acceptors (Lipinski definition) is 6. The van der Waals surface area contributed by atoms with Gasteiger partial charge in [-0.3, -0.25) is 9.78 Å². The van der Waals surface area contributed by atoms with Gasteiger partial charge in [0.15, 0.2) is 0 Å². The molecule has 1 aromatic rings. The topological polar surface area (TPSA) is 70.2 Å². The lowest BCUT2D eigenvalue weighted by Gasteiger charge is -2.17. The van der Waals surface area contributed by atoms with Crippen LogP contribution in [0.15, 0.2) is 23.0 Å². The van der Waals surface area contributed by atoms with Crippen molar-refractivity contribution in [3.8, 4) is 0 Å². The van der Waals surface area contributed by atoms with Crippen LogP contribution in [0.4, 0.5) is 10.2 Å². The highest BCUT2D eigenvalue weighted by Crippen LogP contribution is 2.41.